The van der Waals surface area contributed by atoms with Crippen LogP contribution in [0.25, 0.3) is 0 Å². The van der Waals surface area contributed by atoms with Crippen molar-refractivity contribution in [1.29, 1.82) is 0 Å². The normalized spacial score (nSPS) is 19.7. The molecular formula is C28H39N3O2. The van der Waals surface area contributed by atoms with E-state index in [2.05, 4.69) is 41.1 Å². The maximum atomic E-state index is 13.0. The van der Waals surface area contributed by atoms with E-state index in [4.69, 9.17) is 4.74 Å². The highest BCUT2D eigenvalue weighted by Gasteiger charge is 2.37. The number of amides is 1. The molecule has 1 fully saturated rings. The molecule has 2 aromatic rings. The van der Waals surface area contributed by atoms with Gasteiger partial charge in [-0.05, 0) is 74.2 Å². The SMILES string of the molecule is CCCCN1CCOc2ccccc2CCCCC2(CCN(C(=O)c3ccncc3)CC2)C1. The third kappa shape index (κ3) is 6.35. The van der Waals surface area contributed by atoms with Crippen LogP contribution in [0.4, 0.5) is 0 Å². The number of aromatic nitrogens is 1. The van der Waals surface area contributed by atoms with Gasteiger partial charge in [0.1, 0.15) is 12.4 Å². The Labute approximate surface area is 199 Å². The number of carbonyl (C=O) groups is 1. The smallest absolute Gasteiger partial charge is 0.253 e. The van der Waals surface area contributed by atoms with E-state index >= 15 is 0 Å². The van der Waals surface area contributed by atoms with Gasteiger partial charge in [-0.25, -0.2) is 0 Å². The number of ether oxygens (including phenoxy) is 1. The lowest BCUT2D eigenvalue weighted by molar-refractivity contribution is 0.0375. The second-order valence-corrected chi connectivity index (χ2v) is 9.82. The third-order valence-electron chi connectivity index (χ3n) is 7.47. The molecule has 0 radical (unpaired) electrons. The van der Waals surface area contributed by atoms with Gasteiger partial charge in [0.05, 0.1) is 0 Å². The first-order valence-electron chi connectivity index (χ1n) is 12.8. The summed E-state index contributed by atoms with van der Waals surface area (Å²) >= 11 is 0. The Kier molecular flexibility index (Phi) is 8.38. The van der Waals surface area contributed by atoms with Crippen molar-refractivity contribution in [2.75, 3.05) is 39.3 Å². The Morgan fingerprint density at radius 3 is 2.61 bits per heavy atom. The second-order valence-electron chi connectivity index (χ2n) is 9.82. The van der Waals surface area contributed by atoms with Gasteiger partial charge in [0.25, 0.3) is 5.91 Å². The van der Waals surface area contributed by atoms with E-state index in [0.717, 1.165) is 69.9 Å². The number of aryl methyl sites for hydroxylation is 1. The number of pyridine rings is 1. The summed E-state index contributed by atoms with van der Waals surface area (Å²) in [6, 6.07) is 12.2. The van der Waals surface area contributed by atoms with Crippen molar-refractivity contribution in [1.82, 2.24) is 14.8 Å². The Morgan fingerprint density at radius 1 is 1.03 bits per heavy atom. The van der Waals surface area contributed by atoms with Crippen LogP contribution in [0.5, 0.6) is 5.75 Å². The fraction of sp³-hybridized carbons (Fsp3) is 0.571. The molecule has 1 spiro atoms. The van der Waals surface area contributed by atoms with Crippen molar-refractivity contribution < 1.29 is 9.53 Å². The maximum Gasteiger partial charge on any atom is 0.253 e. The van der Waals surface area contributed by atoms with Gasteiger partial charge in [0, 0.05) is 44.1 Å². The summed E-state index contributed by atoms with van der Waals surface area (Å²) in [6.07, 6.45) is 12.8. The standard InChI is InChI=1S/C28H39N3O2/c1-2-3-18-30-21-22-33-26-10-5-4-8-24(26)9-6-7-13-28(23-30)14-19-31(20-15-28)27(32)25-11-16-29-17-12-25/h4-5,8,10-12,16-17H,2-3,6-7,9,13-15,18-23H2,1H3. The van der Waals surface area contributed by atoms with E-state index in [1.54, 1.807) is 12.4 Å². The molecule has 0 N–H and O–H groups in total. The van der Waals surface area contributed by atoms with Gasteiger partial charge in [0.15, 0.2) is 0 Å². The number of hydrogen-bond acceptors (Lipinski definition) is 4. The van der Waals surface area contributed by atoms with E-state index in [0.29, 0.717) is 5.41 Å². The number of hydrogen-bond donors (Lipinski definition) is 0. The first-order valence-corrected chi connectivity index (χ1v) is 12.8. The van der Waals surface area contributed by atoms with Gasteiger partial charge in [-0.3, -0.25) is 14.7 Å². The van der Waals surface area contributed by atoms with Crippen LogP contribution in [0, 0.1) is 5.41 Å². The minimum Gasteiger partial charge on any atom is -0.492 e. The molecule has 3 heterocycles. The number of likely N-dealkylation sites (tertiary alicyclic amines) is 1. The van der Waals surface area contributed by atoms with Crippen LogP contribution in [0.3, 0.4) is 0 Å². The lowest BCUT2D eigenvalue weighted by atomic mass is 9.73. The molecule has 0 atom stereocenters. The van der Waals surface area contributed by atoms with Crippen LogP contribution in [0.15, 0.2) is 48.8 Å². The fourth-order valence-electron chi connectivity index (χ4n) is 5.43. The van der Waals surface area contributed by atoms with Gasteiger partial charge < -0.3 is 9.64 Å². The number of benzene rings is 1. The van der Waals surface area contributed by atoms with Crippen molar-refractivity contribution in [3.8, 4) is 5.75 Å². The lowest BCUT2D eigenvalue weighted by Crippen LogP contribution is -2.48. The highest BCUT2D eigenvalue weighted by atomic mass is 16.5. The quantitative estimate of drug-likeness (QED) is 0.643. The summed E-state index contributed by atoms with van der Waals surface area (Å²) in [5.74, 6) is 1.21. The molecule has 2 aliphatic rings. The number of para-hydroxylation sites is 1. The molecule has 5 nitrogen and oxygen atoms in total. The van der Waals surface area contributed by atoms with Crippen LogP contribution >= 0.6 is 0 Å². The average Bonchev–Trinajstić information content (AvgIpc) is 2.86. The van der Waals surface area contributed by atoms with Crippen molar-refractivity contribution in [2.24, 2.45) is 5.41 Å². The van der Waals surface area contributed by atoms with E-state index in [-0.39, 0.29) is 5.91 Å². The van der Waals surface area contributed by atoms with E-state index < -0.39 is 0 Å². The number of nitrogens with zero attached hydrogens (tertiary/aromatic N) is 3. The first kappa shape index (κ1) is 23.7. The first-order chi connectivity index (χ1) is 16.2. The molecular weight excluding hydrogens is 410 g/mol. The van der Waals surface area contributed by atoms with Crippen LogP contribution in [0.2, 0.25) is 0 Å². The summed E-state index contributed by atoms with van der Waals surface area (Å²) in [5, 5.41) is 0. The van der Waals surface area contributed by atoms with E-state index in [1.807, 2.05) is 17.0 Å². The predicted octanol–water partition coefficient (Wildman–Crippen LogP) is 5.21. The van der Waals surface area contributed by atoms with Crippen molar-refractivity contribution >= 4 is 5.91 Å². The zero-order valence-electron chi connectivity index (χ0n) is 20.2. The summed E-state index contributed by atoms with van der Waals surface area (Å²) in [5.41, 5.74) is 2.38. The largest absolute Gasteiger partial charge is 0.492 e. The summed E-state index contributed by atoms with van der Waals surface area (Å²) in [6.45, 7) is 7.92. The summed E-state index contributed by atoms with van der Waals surface area (Å²) in [7, 11) is 0. The molecule has 1 amide bonds. The molecule has 0 bridgehead atoms. The zero-order valence-corrected chi connectivity index (χ0v) is 20.2. The number of fused-ring (bicyclic) bond motifs is 1. The van der Waals surface area contributed by atoms with Crippen molar-refractivity contribution in [3.63, 3.8) is 0 Å². The number of piperidine rings is 1. The van der Waals surface area contributed by atoms with Gasteiger partial charge in [-0.2, -0.15) is 0 Å². The Bertz CT molecular complexity index is 878. The maximum absolute atomic E-state index is 13.0. The van der Waals surface area contributed by atoms with Crippen LogP contribution in [-0.2, 0) is 6.42 Å². The van der Waals surface area contributed by atoms with Gasteiger partial charge >= 0.3 is 0 Å². The molecule has 4 rings (SSSR count). The van der Waals surface area contributed by atoms with Gasteiger partial charge in [-0.1, -0.05) is 38.0 Å². The topological polar surface area (TPSA) is 45.7 Å². The summed E-state index contributed by atoms with van der Waals surface area (Å²) in [4.78, 5) is 21.7. The predicted molar refractivity (Wildman–Crippen MR) is 133 cm³/mol. The van der Waals surface area contributed by atoms with Crippen molar-refractivity contribution in [3.05, 3.63) is 59.9 Å². The molecule has 2 aliphatic heterocycles. The molecule has 0 unspecified atom stereocenters. The zero-order chi connectivity index (χ0) is 22.9. The molecule has 5 heteroatoms. The number of carbonyl (C=O) groups excluding carboxylic acids is 1. The third-order valence-corrected chi connectivity index (χ3v) is 7.47. The molecule has 178 valence electrons. The molecule has 0 saturated carbocycles. The van der Waals surface area contributed by atoms with Gasteiger partial charge in [0.2, 0.25) is 0 Å². The van der Waals surface area contributed by atoms with Gasteiger partial charge in [-0.15, -0.1) is 0 Å². The Morgan fingerprint density at radius 2 is 1.82 bits per heavy atom. The van der Waals surface area contributed by atoms with Crippen LogP contribution < -0.4 is 4.74 Å². The Hall–Kier alpha value is -2.40. The highest BCUT2D eigenvalue weighted by Crippen LogP contribution is 2.38. The van der Waals surface area contributed by atoms with E-state index in [9.17, 15) is 4.79 Å². The fourth-order valence-corrected chi connectivity index (χ4v) is 5.43. The van der Waals surface area contributed by atoms with Crippen molar-refractivity contribution in [2.45, 2.75) is 58.3 Å². The molecule has 1 aromatic carbocycles. The summed E-state index contributed by atoms with van der Waals surface area (Å²) < 4.78 is 6.24. The average molecular weight is 450 g/mol. The Balaban J connectivity index is 1.45. The number of unbranched alkanes of at least 4 members (excludes halogenated alkanes) is 1. The van der Waals surface area contributed by atoms with E-state index in [1.165, 1.54) is 37.7 Å². The second kappa shape index (κ2) is 11.6. The monoisotopic (exact) mass is 449 g/mol. The molecule has 1 saturated heterocycles. The molecule has 0 aliphatic carbocycles. The van der Waals surface area contributed by atoms with Crippen LogP contribution in [0.1, 0.15) is 67.8 Å². The molecule has 1 aromatic heterocycles. The lowest BCUT2D eigenvalue weighted by Gasteiger charge is -2.45. The number of rotatable bonds is 4. The highest BCUT2D eigenvalue weighted by molar-refractivity contribution is 5.94. The minimum atomic E-state index is 0.147. The minimum absolute atomic E-state index is 0.147. The molecule has 33 heavy (non-hydrogen) atoms. The van der Waals surface area contributed by atoms with Crippen LogP contribution in [-0.4, -0.2) is 60.0 Å².